The number of hydrogen-bond donors (Lipinski definition) is 1. The fraction of sp³-hybridized carbons (Fsp3) is 0.407. The molecule has 0 bridgehead atoms. The summed E-state index contributed by atoms with van der Waals surface area (Å²) in [7, 11) is -1.88. The van der Waals surface area contributed by atoms with Crippen molar-refractivity contribution in [1.29, 1.82) is 0 Å². The highest BCUT2D eigenvalue weighted by Crippen LogP contribution is 2.36. The highest BCUT2D eigenvalue weighted by Gasteiger charge is 2.38. The van der Waals surface area contributed by atoms with E-state index in [1.54, 1.807) is 25.4 Å². The van der Waals surface area contributed by atoms with Gasteiger partial charge < -0.3 is 9.84 Å². The summed E-state index contributed by atoms with van der Waals surface area (Å²) in [5, 5.41) is 9.85. The number of benzene rings is 2. The predicted octanol–water partition coefficient (Wildman–Crippen LogP) is 3.35. The van der Waals surface area contributed by atoms with Gasteiger partial charge in [-0.3, -0.25) is 4.90 Å². The van der Waals surface area contributed by atoms with E-state index in [-0.39, 0.29) is 30.1 Å². The molecule has 1 aliphatic heterocycles. The van der Waals surface area contributed by atoms with Crippen LogP contribution in [0.25, 0.3) is 11.1 Å². The summed E-state index contributed by atoms with van der Waals surface area (Å²) in [4.78, 5) is 10.4. The first-order chi connectivity index (χ1) is 17.2. The number of aliphatic hydroxyl groups is 1. The number of nitrogens with zero attached hydrogens (tertiary/aromatic N) is 4. The maximum absolute atomic E-state index is 13.7. The minimum Gasteiger partial charge on any atom is -0.487 e. The Hall–Kier alpha value is -2.85. The second-order valence-electron chi connectivity index (χ2n) is 9.71. The number of hydrogen-bond acceptors (Lipinski definition) is 7. The van der Waals surface area contributed by atoms with Crippen LogP contribution >= 0.6 is 0 Å². The van der Waals surface area contributed by atoms with Crippen LogP contribution in [-0.2, 0) is 16.6 Å². The minimum atomic E-state index is -3.87. The first-order valence-corrected chi connectivity index (χ1v) is 13.6. The molecule has 0 saturated heterocycles. The van der Waals surface area contributed by atoms with Crippen LogP contribution < -0.4 is 4.74 Å². The van der Waals surface area contributed by atoms with Crippen molar-refractivity contribution < 1.29 is 18.3 Å². The van der Waals surface area contributed by atoms with Gasteiger partial charge in [-0.15, -0.1) is 0 Å². The van der Waals surface area contributed by atoms with Crippen molar-refractivity contribution in [3.8, 4) is 16.9 Å². The molecule has 0 aliphatic carbocycles. The molecule has 3 aromatic rings. The summed E-state index contributed by atoms with van der Waals surface area (Å²) < 4.78 is 35.3. The van der Waals surface area contributed by atoms with E-state index in [4.69, 9.17) is 4.74 Å². The third-order valence-corrected chi connectivity index (χ3v) is 8.63. The van der Waals surface area contributed by atoms with Gasteiger partial charge in [-0.05, 0) is 44.2 Å². The molecule has 2 heterocycles. The van der Waals surface area contributed by atoms with Gasteiger partial charge in [-0.1, -0.05) is 42.8 Å². The lowest BCUT2D eigenvalue weighted by Crippen LogP contribution is -2.49. The van der Waals surface area contributed by atoms with Gasteiger partial charge >= 0.3 is 0 Å². The van der Waals surface area contributed by atoms with Crippen LogP contribution in [0.5, 0.6) is 5.75 Å². The molecule has 0 amide bonds. The molecular weight excluding hydrogens is 476 g/mol. The number of rotatable bonds is 7. The zero-order valence-electron chi connectivity index (χ0n) is 21.2. The van der Waals surface area contributed by atoms with Gasteiger partial charge in [0.15, 0.2) is 0 Å². The zero-order chi connectivity index (χ0) is 25.9. The summed E-state index contributed by atoms with van der Waals surface area (Å²) in [6, 6.07) is 12.8. The molecule has 3 atom stereocenters. The van der Waals surface area contributed by atoms with Gasteiger partial charge in [0.1, 0.15) is 23.1 Å². The third kappa shape index (κ3) is 5.75. The fourth-order valence-electron chi connectivity index (χ4n) is 4.46. The summed E-state index contributed by atoms with van der Waals surface area (Å²) >= 11 is 0. The molecule has 9 heteroatoms. The average Bonchev–Trinajstić information content (AvgIpc) is 2.86. The third-order valence-electron chi connectivity index (χ3n) is 6.61. The van der Waals surface area contributed by atoms with E-state index in [9.17, 15) is 13.5 Å². The van der Waals surface area contributed by atoms with E-state index >= 15 is 0 Å². The number of sulfonamides is 1. The van der Waals surface area contributed by atoms with Crippen molar-refractivity contribution in [2.24, 2.45) is 5.92 Å². The Kier molecular flexibility index (Phi) is 8.04. The average molecular weight is 511 g/mol. The number of aromatic nitrogens is 2. The Bertz CT molecular complexity index is 1270. The monoisotopic (exact) mass is 510 g/mol. The Morgan fingerprint density at radius 2 is 1.81 bits per heavy atom. The maximum atomic E-state index is 13.7. The van der Waals surface area contributed by atoms with E-state index in [2.05, 4.69) is 14.9 Å². The molecule has 0 radical (unpaired) electrons. The van der Waals surface area contributed by atoms with Gasteiger partial charge in [0.05, 0.1) is 6.61 Å². The highest BCUT2D eigenvalue weighted by atomic mass is 32.2. The van der Waals surface area contributed by atoms with E-state index in [1.165, 1.54) is 10.6 Å². The van der Waals surface area contributed by atoms with E-state index in [1.807, 2.05) is 57.3 Å². The van der Waals surface area contributed by atoms with Gasteiger partial charge in [-0.25, -0.2) is 18.4 Å². The van der Waals surface area contributed by atoms with E-state index in [0.29, 0.717) is 18.8 Å². The lowest BCUT2D eigenvalue weighted by atomic mass is 10.0. The van der Waals surface area contributed by atoms with Crippen LogP contribution in [0.4, 0.5) is 0 Å². The van der Waals surface area contributed by atoms with E-state index in [0.717, 1.165) is 22.3 Å². The van der Waals surface area contributed by atoms with Crippen LogP contribution in [0.2, 0.25) is 0 Å². The fourth-order valence-corrected chi connectivity index (χ4v) is 6.29. The van der Waals surface area contributed by atoms with E-state index < -0.39 is 16.1 Å². The minimum absolute atomic E-state index is 0.120. The Morgan fingerprint density at radius 3 is 2.47 bits per heavy atom. The van der Waals surface area contributed by atoms with Crippen molar-refractivity contribution >= 4 is 10.0 Å². The normalized spacial score (nSPS) is 20.7. The first-order valence-electron chi connectivity index (χ1n) is 12.1. The zero-order valence-corrected chi connectivity index (χ0v) is 22.0. The molecule has 0 fully saturated rings. The van der Waals surface area contributed by atoms with Gasteiger partial charge in [-0.2, -0.15) is 4.31 Å². The van der Waals surface area contributed by atoms with Gasteiger partial charge in [0.25, 0.3) is 0 Å². The number of aliphatic hydroxyl groups excluding tert-OH is 1. The molecule has 2 aromatic carbocycles. The van der Waals surface area contributed by atoms with Gasteiger partial charge in [0.2, 0.25) is 10.0 Å². The first kappa shape index (κ1) is 26.2. The maximum Gasteiger partial charge on any atom is 0.247 e. The molecule has 1 aromatic heterocycles. The van der Waals surface area contributed by atoms with Crippen molar-refractivity contribution in [1.82, 2.24) is 19.2 Å². The quantitative estimate of drug-likeness (QED) is 0.521. The molecule has 0 saturated carbocycles. The molecule has 1 aliphatic rings. The SMILES string of the molecule is Cc1ccc(-c2ccc3c(c2)O[C@H](CN(C)Cc2cncnc2)[C@@H](C)CN([C@H](C)CO)S3(=O)=O)cc1. The van der Waals surface area contributed by atoms with Crippen molar-refractivity contribution in [3.05, 3.63) is 72.3 Å². The molecule has 8 nitrogen and oxygen atoms in total. The number of aryl methyl sites for hydroxylation is 1. The van der Waals surface area contributed by atoms with Crippen LogP contribution in [0, 0.1) is 12.8 Å². The van der Waals surface area contributed by atoms with Crippen LogP contribution in [0.1, 0.15) is 25.0 Å². The molecule has 4 rings (SSSR count). The second-order valence-corrected chi connectivity index (χ2v) is 11.6. The summed E-state index contributed by atoms with van der Waals surface area (Å²) in [6.45, 7) is 6.94. The molecule has 1 N–H and O–H groups in total. The van der Waals surface area contributed by atoms with Crippen LogP contribution in [0.15, 0.2) is 66.1 Å². The summed E-state index contributed by atoms with van der Waals surface area (Å²) in [6.07, 6.45) is 4.79. The molecule has 0 unspecified atom stereocenters. The second kappa shape index (κ2) is 11.0. The van der Waals surface area contributed by atoms with Crippen molar-refractivity contribution in [3.63, 3.8) is 0 Å². The van der Waals surface area contributed by atoms with Crippen molar-refractivity contribution in [2.45, 2.75) is 44.4 Å². The molecule has 0 spiro atoms. The summed E-state index contributed by atoms with van der Waals surface area (Å²) in [5.74, 6) is 0.204. The number of likely N-dealkylation sites (N-methyl/N-ethyl adjacent to an activating group) is 1. The van der Waals surface area contributed by atoms with Crippen LogP contribution in [0.3, 0.4) is 0 Å². The predicted molar refractivity (Wildman–Crippen MR) is 139 cm³/mol. The Labute approximate surface area is 213 Å². The standard InChI is InChI=1S/C27H34N4O4S/c1-19-5-7-23(8-6-19)24-9-10-27-25(11-24)35-26(16-30(4)15-22-12-28-18-29-13-22)20(2)14-31(21(3)17-32)36(27,33)34/h5-13,18,20-21,26,32H,14-17H2,1-4H3/t20-,21+,26+/m0/s1. The topological polar surface area (TPSA) is 95.9 Å². The largest absolute Gasteiger partial charge is 0.487 e. The molecule has 192 valence electrons. The van der Waals surface area contributed by atoms with Crippen molar-refractivity contribution in [2.75, 3.05) is 26.7 Å². The summed E-state index contributed by atoms with van der Waals surface area (Å²) in [5.41, 5.74) is 4.00. The van der Waals surface area contributed by atoms with Gasteiger partial charge in [0, 0.05) is 49.6 Å². The Balaban J connectivity index is 1.72. The number of fused-ring (bicyclic) bond motifs is 1. The smallest absolute Gasteiger partial charge is 0.247 e. The molecular formula is C27H34N4O4S. The lowest BCUT2D eigenvalue weighted by molar-refractivity contribution is 0.0733. The lowest BCUT2D eigenvalue weighted by Gasteiger charge is -2.37. The number of ether oxygens (including phenoxy) is 1. The highest BCUT2D eigenvalue weighted by molar-refractivity contribution is 7.89. The Morgan fingerprint density at radius 1 is 1.14 bits per heavy atom. The molecule has 36 heavy (non-hydrogen) atoms. The van der Waals surface area contributed by atoms with Crippen LogP contribution in [-0.4, -0.2) is 71.6 Å².